The second kappa shape index (κ2) is 13.8. The highest BCUT2D eigenvalue weighted by Crippen LogP contribution is 2.30. The predicted molar refractivity (Wildman–Crippen MR) is 150 cm³/mol. The Morgan fingerprint density at radius 1 is 0.550 bits per heavy atom. The maximum Gasteiger partial charge on any atom is 0.257 e. The largest absolute Gasteiger partial charge is 0.341 e. The number of amides is 4. The van der Waals surface area contributed by atoms with Crippen LogP contribution in [-0.2, 0) is 19.2 Å². The van der Waals surface area contributed by atoms with Crippen LogP contribution in [0, 0.1) is 0 Å². The van der Waals surface area contributed by atoms with Crippen molar-refractivity contribution in [1.29, 1.82) is 0 Å². The maximum absolute atomic E-state index is 13.9. The molecule has 0 atom stereocenters. The Hall–Kier alpha value is -2.63. The number of piperidine rings is 4. The lowest BCUT2D eigenvalue weighted by atomic mass is 10.1. The van der Waals surface area contributed by atoms with Gasteiger partial charge in [-0.1, -0.05) is 11.8 Å². The molecule has 40 heavy (non-hydrogen) atoms. The molecule has 0 bridgehead atoms. The van der Waals surface area contributed by atoms with Crippen molar-refractivity contribution in [3.8, 4) is 0 Å². The van der Waals surface area contributed by atoms with Crippen molar-refractivity contribution >= 4 is 35.4 Å². The molecule has 4 saturated heterocycles. The first-order chi connectivity index (χ1) is 19.5. The average Bonchev–Trinajstić information content (AvgIpc) is 3.48. The van der Waals surface area contributed by atoms with Gasteiger partial charge in [-0.15, -0.1) is 0 Å². The standard InChI is InChI=1S/C28H43N7O4S/c36-24(31-13-5-1-6-14-31)22(25(37)32-15-7-2-8-16-32)35-28(29-21-30-35)40-23(26(38)33-17-9-3-10-18-33)27(39)34-19-11-4-12-20-34/h21-23H,1-20H2. The zero-order valence-electron chi connectivity index (χ0n) is 23.5. The molecule has 4 aliphatic rings. The minimum absolute atomic E-state index is 0.212. The third kappa shape index (κ3) is 6.63. The lowest BCUT2D eigenvalue weighted by molar-refractivity contribution is -0.148. The van der Waals surface area contributed by atoms with Crippen LogP contribution >= 0.6 is 11.8 Å². The molecular weight excluding hydrogens is 530 g/mol. The number of hydrogen-bond donors (Lipinski definition) is 0. The van der Waals surface area contributed by atoms with Crippen molar-refractivity contribution in [3.63, 3.8) is 0 Å². The highest BCUT2D eigenvalue weighted by molar-refractivity contribution is 8.01. The summed E-state index contributed by atoms with van der Waals surface area (Å²) in [5, 5.41) is 3.63. The number of nitrogens with zero attached hydrogens (tertiary/aromatic N) is 7. The van der Waals surface area contributed by atoms with E-state index in [1.165, 1.54) is 11.0 Å². The van der Waals surface area contributed by atoms with Crippen LogP contribution in [0.25, 0.3) is 0 Å². The molecule has 5 rings (SSSR count). The molecule has 0 spiro atoms. The Balaban J connectivity index is 1.44. The molecule has 12 heteroatoms. The van der Waals surface area contributed by atoms with Crippen molar-refractivity contribution in [2.75, 3.05) is 52.4 Å². The lowest BCUT2D eigenvalue weighted by Crippen LogP contribution is -2.50. The van der Waals surface area contributed by atoms with E-state index < -0.39 is 11.3 Å². The summed E-state index contributed by atoms with van der Waals surface area (Å²) in [6.45, 7) is 5.01. The molecule has 5 heterocycles. The highest BCUT2D eigenvalue weighted by atomic mass is 32.2. The summed E-state index contributed by atoms with van der Waals surface area (Å²) in [5.41, 5.74) is 0. The second-order valence-corrected chi connectivity index (χ2v) is 12.5. The molecule has 0 unspecified atom stereocenters. The third-order valence-corrected chi connectivity index (χ3v) is 9.74. The summed E-state index contributed by atoms with van der Waals surface area (Å²) in [5.74, 6) is -0.972. The first-order valence-electron chi connectivity index (χ1n) is 15.3. The Morgan fingerprint density at radius 2 is 0.900 bits per heavy atom. The van der Waals surface area contributed by atoms with Gasteiger partial charge < -0.3 is 19.6 Å². The van der Waals surface area contributed by atoms with Crippen molar-refractivity contribution < 1.29 is 19.2 Å². The maximum atomic E-state index is 13.9. The van der Waals surface area contributed by atoms with Crippen LogP contribution in [0.5, 0.6) is 0 Å². The summed E-state index contributed by atoms with van der Waals surface area (Å²) in [6, 6.07) is -1.18. The van der Waals surface area contributed by atoms with Crippen molar-refractivity contribution in [2.45, 2.75) is 93.5 Å². The van der Waals surface area contributed by atoms with Gasteiger partial charge >= 0.3 is 0 Å². The molecule has 0 saturated carbocycles. The Labute approximate surface area is 241 Å². The monoisotopic (exact) mass is 573 g/mol. The Morgan fingerprint density at radius 3 is 1.27 bits per heavy atom. The number of carbonyl (C=O) groups excluding carboxylic acids is 4. The van der Waals surface area contributed by atoms with Crippen molar-refractivity contribution in [3.05, 3.63) is 6.33 Å². The third-order valence-electron chi connectivity index (χ3n) is 8.60. The van der Waals surface area contributed by atoms with E-state index >= 15 is 0 Å². The molecule has 220 valence electrons. The fourth-order valence-electron chi connectivity index (χ4n) is 6.26. The van der Waals surface area contributed by atoms with Gasteiger partial charge in [-0.05, 0) is 77.0 Å². The highest BCUT2D eigenvalue weighted by Gasteiger charge is 2.41. The molecule has 4 aliphatic heterocycles. The van der Waals surface area contributed by atoms with E-state index in [9.17, 15) is 19.2 Å². The number of carbonyl (C=O) groups is 4. The quantitative estimate of drug-likeness (QED) is 0.364. The summed E-state index contributed by atoms with van der Waals surface area (Å²) < 4.78 is 1.39. The SMILES string of the molecule is O=C(C(Sc1ncnn1C(C(=O)N1CCCCC1)C(=O)N1CCCCC1)C(=O)N1CCCCC1)N1CCCCC1. The Kier molecular flexibility index (Phi) is 9.98. The number of hydrogen-bond acceptors (Lipinski definition) is 7. The molecular formula is C28H43N7O4S. The van der Waals surface area contributed by atoms with E-state index in [4.69, 9.17) is 0 Å². The lowest BCUT2D eigenvalue weighted by Gasteiger charge is -2.35. The van der Waals surface area contributed by atoms with Crippen LogP contribution in [0.3, 0.4) is 0 Å². The van der Waals surface area contributed by atoms with E-state index in [1.54, 1.807) is 19.6 Å². The van der Waals surface area contributed by atoms with Gasteiger partial charge in [0.1, 0.15) is 6.33 Å². The van der Waals surface area contributed by atoms with Gasteiger partial charge in [0.05, 0.1) is 0 Å². The minimum atomic E-state index is -1.18. The normalized spacial score (nSPS) is 20.8. The van der Waals surface area contributed by atoms with Gasteiger partial charge in [-0.3, -0.25) is 19.2 Å². The summed E-state index contributed by atoms with van der Waals surface area (Å²) in [7, 11) is 0. The fourth-order valence-corrected chi connectivity index (χ4v) is 7.34. The van der Waals surface area contributed by atoms with Gasteiger partial charge in [-0.25, -0.2) is 9.67 Å². The zero-order chi connectivity index (χ0) is 27.9. The number of rotatable bonds is 7. The van der Waals surface area contributed by atoms with Crippen LogP contribution in [0.15, 0.2) is 11.5 Å². The topological polar surface area (TPSA) is 112 Å². The molecule has 0 aliphatic carbocycles. The van der Waals surface area contributed by atoms with Crippen molar-refractivity contribution in [1.82, 2.24) is 34.4 Å². The smallest absolute Gasteiger partial charge is 0.257 e. The van der Waals surface area contributed by atoms with Crippen LogP contribution in [0.2, 0.25) is 0 Å². The summed E-state index contributed by atoms with van der Waals surface area (Å²) >= 11 is 1.05. The van der Waals surface area contributed by atoms with Gasteiger partial charge in [0.2, 0.25) is 17.9 Å². The molecule has 11 nitrogen and oxygen atoms in total. The molecule has 0 aromatic carbocycles. The van der Waals surface area contributed by atoms with Crippen LogP contribution in [0.4, 0.5) is 0 Å². The predicted octanol–water partition coefficient (Wildman–Crippen LogP) is 2.33. The minimum Gasteiger partial charge on any atom is -0.341 e. The molecule has 0 radical (unpaired) electrons. The second-order valence-electron chi connectivity index (χ2n) is 11.4. The number of likely N-dealkylation sites (tertiary alicyclic amines) is 4. The molecule has 1 aromatic heterocycles. The Bertz CT molecular complexity index is 981. The van der Waals surface area contributed by atoms with Gasteiger partial charge in [0.25, 0.3) is 11.8 Å². The summed E-state index contributed by atoms with van der Waals surface area (Å²) in [6.07, 6.45) is 13.0. The van der Waals surface area contributed by atoms with E-state index in [0.717, 1.165) is 88.8 Å². The summed E-state index contributed by atoms with van der Waals surface area (Å²) in [4.78, 5) is 67.0. The first kappa shape index (κ1) is 28.9. The van der Waals surface area contributed by atoms with Gasteiger partial charge in [0, 0.05) is 52.4 Å². The van der Waals surface area contributed by atoms with Gasteiger partial charge in [0.15, 0.2) is 10.4 Å². The van der Waals surface area contributed by atoms with E-state index in [1.807, 2.05) is 0 Å². The molecule has 1 aromatic rings. The van der Waals surface area contributed by atoms with Crippen LogP contribution in [-0.4, -0.2) is 116 Å². The first-order valence-corrected chi connectivity index (χ1v) is 16.1. The fraction of sp³-hybridized carbons (Fsp3) is 0.786. The molecule has 0 N–H and O–H groups in total. The number of aromatic nitrogens is 3. The van der Waals surface area contributed by atoms with Crippen molar-refractivity contribution in [2.24, 2.45) is 0 Å². The number of thioether (sulfide) groups is 1. The van der Waals surface area contributed by atoms with E-state index in [0.29, 0.717) is 52.4 Å². The average molecular weight is 574 g/mol. The van der Waals surface area contributed by atoms with Crippen LogP contribution in [0.1, 0.15) is 83.1 Å². The van der Waals surface area contributed by atoms with E-state index in [-0.39, 0.29) is 28.8 Å². The van der Waals surface area contributed by atoms with Crippen LogP contribution < -0.4 is 0 Å². The van der Waals surface area contributed by atoms with Gasteiger partial charge in [-0.2, -0.15) is 5.10 Å². The zero-order valence-corrected chi connectivity index (χ0v) is 24.4. The van der Waals surface area contributed by atoms with E-state index in [2.05, 4.69) is 10.1 Å². The molecule has 4 fully saturated rings. The molecule has 4 amide bonds.